The van der Waals surface area contributed by atoms with Crippen molar-refractivity contribution in [1.29, 1.82) is 0 Å². The summed E-state index contributed by atoms with van der Waals surface area (Å²) in [6, 6.07) is 3.24. The summed E-state index contributed by atoms with van der Waals surface area (Å²) >= 11 is 0. The quantitative estimate of drug-likeness (QED) is 0.596. The third-order valence-electron chi connectivity index (χ3n) is 2.32. The molecular weight excluding hydrogens is 220 g/mol. The van der Waals surface area contributed by atoms with E-state index in [1.807, 2.05) is 7.05 Å². The molecule has 0 saturated carbocycles. The molecule has 0 saturated heterocycles. The standard InChI is InChI=1S/C11H20N4O2/c1-15(7-5-12-6-8-17-2)9-10-3-4-11(16)14-13-10/h3-4,12H,5-9H2,1-2H3,(H,14,16). The van der Waals surface area contributed by atoms with Crippen LogP contribution in [0.3, 0.4) is 0 Å². The molecule has 0 bridgehead atoms. The molecule has 1 rings (SSSR count). The molecule has 0 atom stereocenters. The van der Waals surface area contributed by atoms with Gasteiger partial charge >= 0.3 is 0 Å². The maximum atomic E-state index is 10.8. The molecule has 0 radical (unpaired) electrons. The van der Waals surface area contributed by atoms with E-state index >= 15 is 0 Å². The van der Waals surface area contributed by atoms with Gasteiger partial charge < -0.3 is 10.1 Å². The van der Waals surface area contributed by atoms with E-state index in [0.717, 1.165) is 38.5 Å². The highest BCUT2D eigenvalue weighted by molar-refractivity contribution is 4.98. The van der Waals surface area contributed by atoms with Gasteiger partial charge in [-0.3, -0.25) is 9.69 Å². The first-order valence-electron chi connectivity index (χ1n) is 5.65. The fourth-order valence-corrected chi connectivity index (χ4v) is 1.39. The molecule has 0 aliphatic heterocycles. The highest BCUT2D eigenvalue weighted by atomic mass is 16.5. The Morgan fingerprint density at radius 2 is 2.29 bits per heavy atom. The number of likely N-dealkylation sites (N-methyl/N-ethyl adjacent to an activating group) is 1. The summed E-state index contributed by atoms with van der Waals surface area (Å²) < 4.78 is 4.94. The molecule has 6 nitrogen and oxygen atoms in total. The van der Waals surface area contributed by atoms with Crippen LogP contribution in [0.2, 0.25) is 0 Å². The normalized spacial score (nSPS) is 11.0. The largest absolute Gasteiger partial charge is 0.383 e. The van der Waals surface area contributed by atoms with E-state index in [1.54, 1.807) is 13.2 Å². The second-order valence-electron chi connectivity index (χ2n) is 3.89. The summed E-state index contributed by atoms with van der Waals surface area (Å²) in [5.74, 6) is 0. The summed E-state index contributed by atoms with van der Waals surface area (Å²) in [5, 5.41) is 9.65. The first kappa shape index (κ1) is 13.8. The van der Waals surface area contributed by atoms with Crippen molar-refractivity contribution in [2.45, 2.75) is 6.54 Å². The monoisotopic (exact) mass is 240 g/mol. The van der Waals surface area contributed by atoms with Crippen LogP contribution < -0.4 is 10.9 Å². The Balaban J connectivity index is 2.18. The maximum Gasteiger partial charge on any atom is 0.264 e. The molecule has 0 aliphatic rings. The van der Waals surface area contributed by atoms with Gasteiger partial charge in [0.2, 0.25) is 0 Å². The van der Waals surface area contributed by atoms with Gasteiger partial charge in [0.1, 0.15) is 0 Å². The van der Waals surface area contributed by atoms with Crippen LogP contribution in [0, 0.1) is 0 Å². The number of ether oxygens (including phenoxy) is 1. The molecule has 17 heavy (non-hydrogen) atoms. The van der Waals surface area contributed by atoms with Crippen molar-refractivity contribution >= 4 is 0 Å². The van der Waals surface area contributed by atoms with Crippen molar-refractivity contribution in [1.82, 2.24) is 20.4 Å². The smallest absolute Gasteiger partial charge is 0.264 e. The minimum Gasteiger partial charge on any atom is -0.383 e. The van der Waals surface area contributed by atoms with E-state index in [2.05, 4.69) is 20.4 Å². The molecule has 1 aromatic rings. The van der Waals surface area contributed by atoms with E-state index in [4.69, 9.17) is 4.74 Å². The molecule has 0 spiro atoms. The van der Waals surface area contributed by atoms with Crippen molar-refractivity contribution < 1.29 is 4.74 Å². The molecule has 0 unspecified atom stereocenters. The Morgan fingerprint density at radius 3 is 2.94 bits per heavy atom. The molecule has 1 aromatic heterocycles. The van der Waals surface area contributed by atoms with E-state index in [9.17, 15) is 4.79 Å². The SMILES string of the molecule is COCCNCCN(C)Cc1ccc(=O)[nH]n1. The van der Waals surface area contributed by atoms with Crippen molar-refractivity contribution in [2.24, 2.45) is 0 Å². The first-order valence-corrected chi connectivity index (χ1v) is 5.65. The number of aromatic nitrogens is 2. The predicted octanol–water partition coefficient (Wildman–Crippen LogP) is -0.562. The Hall–Kier alpha value is -1.24. The summed E-state index contributed by atoms with van der Waals surface area (Å²) in [4.78, 5) is 13.0. The average Bonchev–Trinajstić information content (AvgIpc) is 2.32. The number of nitrogens with one attached hydrogen (secondary N) is 2. The number of nitrogens with zero attached hydrogens (tertiary/aromatic N) is 2. The number of rotatable bonds is 8. The minimum atomic E-state index is -0.169. The van der Waals surface area contributed by atoms with Gasteiger partial charge in [-0.15, -0.1) is 0 Å². The fourth-order valence-electron chi connectivity index (χ4n) is 1.39. The van der Waals surface area contributed by atoms with Crippen molar-refractivity contribution in [3.05, 3.63) is 28.2 Å². The van der Waals surface area contributed by atoms with E-state index in [0.29, 0.717) is 0 Å². The molecule has 0 aliphatic carbocycles. The summed E-state index contributed by atoms with van der Waals surface area (Å²) in [6.45, 7) is 4.14. The third-order valence-corrected chi connectivity index (χ3v) is 2.32. The topological polar surface area (TPSA) is 70.2 Å². The molecule has 1 heterocycles. The lowest BCUT2D eigenvalue weighted by Crippen LogP contribution is -2.31. The second kappa shape index (κ2) is 7.94. The fraction of sp³-hybridized carbons (Fsp3) is 0.636. The van der Waals surface area contributed by atoms with Crippen LogP contribution in [-0.4, -0.2) is 55.5 Å². The van der Waals surface area contributed by atoms with Crippen LogP contribution in [0.15, 0.2) is 16.9 Å². The molecule has 6 heteroatoms. The molecule has 2 N–H and O–H groups in total. The average molecular weight is 240 g/mol. The van der Waals surface area contributed by atoms with E-state index in [1.165, 1.54) is 6.07 Å². The number of hydrogen-bond donors (Lipinski definition) is 2. The molecule has 0 fully saturated rings. The van der Waals surface area contributed by atoms with Crippen molar-refractivity contribution in [2.75, 3.05) is 40.4 Å². The van der Waals surface area contributed by atoms with Gasteiger partial charge in [0, 0.05) is 39.4 Å². The second-order valence-corrected chi connectivity index (χ2v) is 3.89. The van der Waals surface area contributed by atoms with Crippen LogP contribution in [-0.2, 0) is 11.3 Å². The van der Waals surface area contributed by atoms with Gasteiger partial charge in [0.15, 0.2) is 0 Å². The van der Waals surface area contributed by atoms with Crippen molar-refractivity contribution in [3.8, 4) is 0 Å². The zero-order chi connectivity index (χ0) is 12.5. The highest BCUT2D eigenvalue weighted by Crippen LogP contribution is 1.94. The third kappa shape index (κ3) is 6.15. The maximum absolute atomic E-state index is 10.8. The number of hydrogen-bond acceptors (Lipinski definition) is 5. The Labute approximate surface area is 101 Å². The van der Waals surface area contributed by atoms with Crippen LogP contribution in [0.1, 0.15) is 5.69 Å². The Kier molecular flexibility index (Phi) is 6.46. The molecule has 0 aromatic carbocycles. The number of aromatic amines is 1. The van der Waals surface area contributed by atoms with Gasteiger partial charge in [-0.1, -0.05) is 0 Å². The van der Waals surface area contributed by atoms with E-state index < -0.39 is 0 Å². The highest BCUT2D eigenvalue weighted by Gasteiger charge is 2.01. The summed E-state index contributed by atoms with van der Waals surface area (Å²) in [5.41, 5.74) is 0.696. The molecule has 96 valence electrons. The number of H-pyrrole nitrogens is 1. The van der Waals surface area contributed by atoms with Gasteiger partial charge in [0.25, 0.3) is 5.56 Å². The Bertz CT molecular complexity index is 346. The van der Waals surface area contributed by atoms with Gasteiger partial charge in [-0.25, -0.2) is 5.10 Å². The van der Waals surface area contributed by atoms with E-state index in [-0.39, 0.29) is 5.56 Å². The lowest BCUT2D eigenvalue weighted by molar-refractivity contribution is 0.197. The molecule has 0 amide bonds. The van der Waals surface area contributed by atoms with Crippen LogP contribution in [0.5, 0.6) is 0 Å². The summed E-state index contributed by atoms with van der Waals surface area (Å²) in [6.07, 6.45) is 0. The van der Waals surface area contributed by atoms with Crippen LogP contribution >= 0.6 is 0 Å². The summed E-state index contributed by atoms with van der Waals surface area (Å²) in [7, 11) is 3.71. The Morgan fingerprint density at radius 1 is 1.47 bits per heavy atom. The zero-order valence-corrected chi connectivity index (χ0v) is 10.4. The molecular formula is C11H20N4O2. The predicted molar refractivity (Wildman–Crippen MR) is 65.9 cm³/mol. The first-order chi connectivity index (χ1) is 8.22. The van der Waals surface area contributed by atoms with Crippen LogP contribution in [0.4, 0.5) is 0 Å². The lowest BCUT2D eigenvalue weighted by Gasteiger charge is -2.15. The number of methoxy groups -OCH3 is 1. The minimum absolute atomic E-state index is 0.169. The van der Waals surface area contributed by atoms with Gasteiger partial charge in [-0.2, -0.15) is 5.10 Å². The lowest BCUT2D eigenvalue weighted by atomic mass is 10.3. The van der Waals surface area contributed by atoms with Crippen molar-refractivity contribution in [3.63, 3.8) is 0 Å². The van der Waals surface area contributed by atoms with Crippen LogP contribution in [0.25, 0.3) is 0 Å². The zero-order valence-electron chi connectivity index (χ0n) is 10.4. The van der Waals surface area contributed by atoms with Gasteiger partial charge in [-0.05, 0) is 13.1 Å². The van der Waals surface area contributed by atoms with Gasteiger partial charge in [0.05, 0.1) is 12.3 Å².